The van der Waals surface area contributed by atoms with Crippen molar-refractivity contribution in [2.75, 3.05) is 12.3 Å². The molecule has 1 saturated heterocycles. The Morgan fingerprint density at radius 1 is 1.43 bits per heavy atom. The molecule has 0 spiro atoms. The molecule has 2 amide bonds. The Morgan fingerprint density at radius 2 is 2.13 bits per heavy atom. The Bertz CT molecular complexity index is 924. The van der Waals surface area contributed by atoms with Crippen molar-refractivity contribution in [3.05, 3.63) is 35.1 Å². The van der Waals surface area contributed by atoms with Gasteiger partial charge in [0.25, 0.3) is 11.8 Å². The number of carbonyl (C=O) groups excluding carboxylic acids is 2. The van der Waals surface area contributed by atoms with Crippen LogP contribution in [0.5, 0.6) is 0 Å². The number of hydrogen-bond donors (Lipinski definition) is 4. The van der Waals surface area contributed by atoms with Crippen molar-refractivity contribution in [1.82, 2.24) is 25.6 Å². The second-order valence-electron chi connectivity index (χ2n) is 9.34. The fourth-order valence-electron chi connectivity index (χ4n) is 3.90. The van der Waals surface area contributed by atoms with Crippen LogP contribution >= 0.6 is 0 Å². The highest BCUT2D eigenvalue weighted by Gasteiger charge is 2.49. The van der Waals surface area contributed by atoms with E-state index in [1.165, 1.54) is 11.1 Å². The number of nitrogens with zero attached hydrogens (tertiary/aromatic N) is 3. The lowest BCUT2D eigenvalue weighted by atomic mass is 9.94. The summed E-state index contributed by atoms with van der Waals surface area (Å²) in [5, 5.41) is 15.0. The van der Waals surface area contributed by atoms with Crippen LogP contribution in [0.15, 0.2) is 23.7 Å². The van der Waals surface area contributed by atoms with Crippen molar-refractivity contribution in [2.45, 2.75) is 58.3 Å². The number of rotatable bonds is 4. The van der Waals surface area contributed by atoms with Gasteiger partial charge in [-0.1, -0.05) is 20.8 Å². The minimum absolute atomic E-state index is 0.0387. The largest absolute Gasteiger partial charge is 0.494 e. The number of pyridine rings is 1. The molecule has 5 N–H and O–H groups in total. The molecule has 1 aliphatic carbocycles. The average Bonchev–Trinajstić information content (AvgIpc) is 3.34. The normalized spacial score (nSPS) is 24.3. The maximum atomic E-state index is 13.8. The minimum Gasteiger partial charge on any atom is -0.494 e. The van der Waals surface area contributed by atoms with Gasteiger partial charge < -0.3 is 21.1 Å². The van der Waals surface area contributed by atoms with Crippen molar-refractivity contribution in [1.29, 1.82) is 0 Å². The SMILES string of the molecule is CC(C)(C)CN1C(O)=C(C(=O)NC2CC2)C(=O)N2NC(c3cc(F)cnc3N)CC12. The molecule has 2 fully saturated rings. The fraction of sp³-hybridized carbons (Fsp3) is 0.550. The Morgan fingerprint density at radius 3 is 2.77 bits per heavy atom. The lowest BCUT2D eigenvalue weighted by Gasteiger charge is -2.42. The van der Waals surface area contributed by atoms with Gasteiger partial charge >= 0.3 is 0 Å². The number of halogens is 1. The van der Waals surface area contributed by atoms with E-state index in [9.17, 15) is 19.1 Å². The van der Waals surface area contributed by atoms with Crippen molar-refractivity contribution >= 4 is 17.6 Å². The molecular formula is C20H27FN6O3. The first-order chi connectivity index (χ1) is 14.0. The molecule has 0 bridgehead atoms. The number of hydrazine groups is 1. The van der Waals surface area contributed by atoms with E-state index < -0.39 is 29.8 Å². The molecule has 3 heterocycles. The van der Waals surface area contributed by atoms with Crippen LogP contribution < -0.4 is 16.5 Å². The Balaban J connectivity index is 1.69. The van der Waals surface area contributed by atoms with E-state index in [2.05, 4.69) is 15.7 Å². The highest BCUT2D eigenvalue weighted by atomic mass is 19.1. The van der Waals surface area contributed by atoms with E-state index >= 15 is 0 Å². The first-order valence-electron chi connectivity index (χ1n) is 10.1. The van der Waals surface area contributed by atoms with Crippen LogP contribution in [-0.2, 0) is 9.59 Å². The summed E-state index contributed by atoms with van der Waals surface area (Å²) in [6.45, 7) is 6.40. The van der Waals surface area contributed by atoms with Crippen LogP contribution in [0.2, 0.25) is 0 Å². The summed E-state index contributed by atoms with van der Waals surface area (Å²) >= 11 is 0. The summed E-state index contributed by atoms with van der Waals surface area (Å²) in [5.41, 5.74) is 8.89. The van der Waals surface area contributed by atoms with Crippen molar-refractivity contribution in [3.63, 3.8) is 0 Å². The summed E-state index contributed by atoms with van der Waals surface area (Å²) in [5.74, 6) is -1.91. The highest BCUT2D eigenvalue weighted by molar-refractivity contribution is 6.19. The first kappa shape index (κ1) is 20.4. The zero-order valence-corrected chi connectivity index (χ0v) is 17.3. The lowest BCUT2D eigenvalue weighted by molar-refractivity contribution is -0.142. The van der Waals surface area contributed by atoms with Crippen molar-refractivity contribution in [2.24, 2.45) is 5.41 Å². The molecular weight excluding hydrogens is 391 g/mol. The molecule has 9 nitrogen and oxygen atoms in total. The van der Waals surface area contributed by atoms with Crippen LogP contribution in [0.25, 0.3) is 0 Å². The van der Waals surface area contributed by atoms with Crippen molar-refractivity contribution in [3.8, 4) is 0 Å². The third-order valence-corrected chi connectivity index (χ3v) is 5.40. The van der Waals surface area contributed by atoms with Crippen LogP contribution in [0.4, 0.5) is 10.2 Å². The van der Waals surface area contributed by atoms with Gasteiger partial charge in [0.05, 0.1) is 12.2 Å². The molecule has 1 saturated carbocycles. The second kappa shape index (κ2) is 7.12. The third kappa shape index (κ3) is 3.79. The topological polar surface area (TPSA) is 124 Å². The van der Waals surface area contributed by atoms with Crippen LogP contribution in [-0.4, -0.2) is 50.6 Å². The molecule has 1 aromatic heterocycles. The third-order valence-electron chi connectivity index (χ3n) is 5.40. The summed E-state index contributed by atoms with van der Waals surface area (Å²) in [7, 11) is 0. The number of aliphatic hydroxyl groups is 1. The number of aliphatic hydroxyl groups excluding tert-OH is 1. The molecule has 2 aliphatic heterocycles. The smallest absolute Gasteiger partial charge is 0.280 e. The number of nitrogen functional groups attached to an aromatic ring is 1. The highest BCUT2D eigenvalue weighted by Crippen LogP contribution is 2.38. The number of anilines is 1. The molecule has 162 valence electrons. The van der Waals surface area contributed by atoms with E-state index in [-0.39, 0.29) is 28.7 Å². The maximum Gasteiger partial charge on any atom is 0.280 e. The lowest BCUT2D eigenvalue weighted by Crippen LogP contribution is -2.58. The van der Waals surface area contributed by atoms with Crippen LogP contribution in [0.3, 0.4) is 0 Å². The van der Waals surface area contributed by atoms with Gasteiger partial charge in [-0.3, -0.25) is 9.59 Å². The van der Waals surface area contributed by atoms with E-state index in [1.807, 2.05) is 20.8 Å². The van der Waals surface area contributed by atoms with Gasteiger partial charge in [0.15, 0.2) is 5.57 Å². The number of fused-ring (bicyclic) bond motifs is 1. The van der Waals surface area contributed by atoms with Gasteiger partial charge in [-0.25, -0.2) is 19.8 Å². The first-order valence-corrected chi connectivity index (χ1v) is 10.1. The molecule has 10 heteroatoms. The summed E-state index contributed by atoms with van der Waals surface area (Å²) in [6, 6.07) is 0.825. The Hall–Kier alpha value is -2.88. The molecule has 0 radical (unpaired) electrons. The van der Waals surface area contributed by atoms with E-state index in [0.717, 1.165) is 19.0 Å². The number of nitrogens with two attached hydrogens (primary N) is 1. The summed E-state index contributed by atoms with van der Waals surface area (Å²) in [6.07, 6.45) is 2.54. The predicted molar refractivity (Wildman–Crippen MR) is 107 cm³/mol. The molecule has 30 heavy (non-hydrogen) atoms. The average molecular weight is 418 g/mol. The quantitative estimate of drug-likeness (QED) is 0.544. The standard InChI is InChI=1S/C20H27FN6O3/c1-20(2,3)9-26-14-7-13(12-6-10(21)8-23-16(12)22)25-27(14)19(30)15(18(26)29)17(28)24-11-4-5-11/h6,8,11,13-14,25,29H,4-5,7,9H2,1-3H3,(H2,22,23)(H,24,28). The number of amides is 2. The van der Waals surface area contributed by atoms with Gasteiger partial charge in [0.1, 0.15) is 17.8 Å². The molecule has 2 atom stereocenters. The van der Waals surface area contributed by atoms with E-state index in [1.54, 1.807) is 4.90 Å². The summed E-state index contributed by atoms with van der Waals surface area (Å²) in [4.78, 5) is 31.4. The van der Waals surface area contributed by atoms with Gasteiger partial charge in [-0.15, -0.1) is 0 Å². The monoisotopic (exact) mass is 418 g/mol. The van der Waals surface area contributed by atoms with Crippen LogP contribution in [0, 0.1) is 11.2 Å². The maximum absolute atomic E-state index is 13.8. The van der Waals surface area contributed by atoms with Gasteiger partial charge in [-0.05, 0) is 24.3 Å². The van der Waals surface area contributed by atoms with Crippen molar-refractivity contribution < 1.29 is 19.1 Å². The minimum atomic E-state index is -0.619. The fourth-order valence-corrected chi connectivity index (χ4v) is 3.90. The second-order valence-corrected chi connectivity index (χ2v) is 9.34. The summed E-state index contributed by atoms with van der Waals surface area (Å²) < 4.78 is 13.8. The molecule has 0 aromatic carbocycles. The molecule has 4 rings (SSSR count). The molecule has 2 unspecified atom stereocenters. The van der Waals surface area contributed by atoms with E-state index in [4.69, 9.17) is 5.73 Å². The zero-order valence-electron chi connectivity index (χ0n) is 17.3. The number of carbonyl (C=O) groups is 2. The number of hydrogen-bond acceptors (Lipinski definition) is 7. The zero-order chi connectivity index (χ0) is 21.8. The Labute approximate surface area is 174 Å². The van der Waals surface area contributed by atoms with Gasteiger partial charge in [0, 0.05) is 24.6 Å². The molecule has 3 aliphatic rings. The van der Waals surface area contributed by atoms with E-state index in [0.29, 0.717) is 18.5 Å². The van der Waals surface area contributed by atoms with Gasteiger partial charge in [-0.2, -0.15) is 0 Å². The van der Waals surface area contributed by atoms with Crippen LogP contribution in [0.1, 0.15) is 51.6 Å². The number of nitrogens with one attached hydrogen (secondary N) is 2. The molecule has 1 aromatic rings. The predicted octanol–water partition coefficient (Wildman–Crippen LogP) is 1.32. The number of aromatic nitrogens is 1. The Kier molecular flexibility index (Phi) is 4.84. The van der Waals surface area contributed by atoms with Gasteiger partial charge in [0.2, 0.25) is 5.88 Å².